The summed E-state index contributed by atoms with van der Waals surface area (Å²) >= 11 is 0. The van der Waals surface area contributed by atoms with Gasteiger partial charge in [0, 0.05) is 77.7 Å². The van der Waals surface area contributed by atoms with Gasteiger partial charge in [0.1, 0.15) is 11.6 Å². The number of hydrogen-bond donors (Lipinski definition) is 2. The van der Waals surface area contributed by atoms with Crippen LogP contribution in [0.15, 0.2) is 70.0 Å². The summed E-state index contributed by atoms with van der Waals surface area (Å²) in [6.07, 6.45) is 25.5. The lowest BCUT2D eigenvalue weighted by molar-refractivity contribution is 0.101. The summed E-state index contributed by atoms with van der Waals surface area (Å²) in [5.74, 6) is 0.314. The Labute approximate surface area is 478 Å². The lowest BCUT2D eigenvalue weighted by Crippen LogP contribution is -2.37. The summed E-state index contributed by atoms with van der Waals surface area (Å²) < 4.78 is 32.0. The first-order chi connectivity index (χ1) is 37.9. The van der Waals surface area contributed by atoms with Crippen molar-refractivity contribution in [2.75, 3.05) is 25.0 Å². The Balaban J connectivity index is 0.000000635. The number of fused-ring (bicyclic) bond motifs is 2. The molecule has 1 aliphatic carbocycles. The normalized spacial score (nSPS) is 13.7. The first kappa shape index (κ1) is 71.6. The van der Waals surface area contributed by atoms with Gasteiger partial charge in [-0.3, -0.25) is 28.6 Å². The molecule has 2 N–H and O–H groups in total. The number of benzene rings is 2. The van der Waals surface area contributed by atoms with Crippen LogP contribution >= 0.6 is 0 Å². The molecule has 1 saturated carbocycles. The lowest BCUT2D eigenvalue weighted by Gasteiger charge is -2.33. The molecular weight excluding hydrogens is 987 g/mol. The van der Waals surface area contributed by atoms with Crippen LogP contribution in [-0.2, 0) is 12.8 Å². The average Bonchev–Trinajstić information content (AvgIpc) is 4.19. The van der Waals surface area contributed by atoms with Gasteiger partial charge in [-0.2, -0.15) is 0 Å². The smallest absolute Gasteiger partial charge is 0.326 e. The Morgan fingerprint density at radius 1 is 0.810 bits per heavy atom. The van der Waals surface area contributed by atoms with Crippen LogP contribution in [0.2, 0.25) is 0 Å². The highest BCUT2D eigenvalue weighted by atomic mass is 19.1. The summed E-state index contributed by atoms with van der Waals surface area (Å²) in [6.45, 7) is 41.6. The quantitative estimate of drug-likeness (QED) is 0.101. The highest BCUT2D eigenvalue weighted by Crippen LogP contribution is 2.36. The molecule has 1 unspecified atom stereocenters. The number of aromatic amines is 1. The Morgan fingerprint density at radius 3 is 1.91 bits per heavy atom. The number of hydrogen-bond acceptors (Lipinski definition) is 6. The zero-order chi connectivity index (χ0) is 59.8. The molecule has 1 fully saturated rings. The van der Waals surface area contributed by atoms with Crippen molar-refractivity contribution in [3.63, 3.8) is 0 Å². The molecule has 5 heterocycles. The number of H-pyrrole nitrogens is 1. The average molecular weight is 1100 g/mol. The molecule has 9 nitrogen and oxygen atoms in total. The van der Waals surface area contributed by atoms with E-state index in [0.717, 1.165) is 95.1 Å². The number of nitrogens with zero attached hydrogens (tertiary/aromatic N) is 4. The molecule has 0 amide bonds. The van der Waals surface area contributed by atoms with Gasteiger partial charge in [0.05, 0.1) is 16.7 Å². The van der Waals surface area contributed by atoms with Crippen LogP contribution in [0.5, 0.6) is 0 Å². The molecule has 0 bridgehead atoms. The van der Waals surface area contributed by atoms with Crippen LogP contribution in [-0.4, -0.2) is 55.5 Å². The number of halogens is 2. The second-order valence-corrected chi connectivity index (χ2v) is 20.5. The van der Waals surface area contributed by atoms with E-state index >= 15 is 0 Å². The summed E-state index contributed by atoms with van der Waals surface area (Å²) in [5.41, 5.74) is 10.3. The summed E-state index contributed by atoms with van der Waals surface area (Å²) in [5, 5.41) is 3.27. The molecule has 1 atom stereocenters. The number of carbonyl (C=O) groups excluding carboxylic acids is 1. The largest absolute Gasteiger partial charge is 0.384 e. The van der Waals surface area contributed by atoms with Crippen LogP contribution < -0.4 is 16.6 Å². The fraction of sp³-hybridized carbons (Fsp3) is 0.588. The number of unbranched alkanes of at least 4 members (excludes halogenated alkanes) is 2. The monoisotopic (exact) mass is 1090 g/mol. The minimum atomic E-state index is -0.332. The standard InChI is InChI=1S/C32H35FN4O2.C12H13FN2O.C9H20.2C4H10.C3H8.2C2H6/c1-19(17-27-21(3)34-12-7-30(27)37-15-10-29-26(32(37)39)6-11-35-29)22(4)36-13-8-24(9-14-36)31-20(2)16-25(23(5)38)18-28(31)33;1-2-7-5-11-10(6-9(7)13)14-12(16)15(11)8-3-4-8;1-4-7-9(6-3)8-5-2;2*1-3-4-2;1-3-2;2*1-2/h7-8,10,12,15-18,22,35H,6,9,11,13-14H2,1-5H3;5-6,8H,2-4H2,1H3,(H,14,16);9H,4-8H2,1-3H3;2*3-4H2,1-2H3;3H2,1-2H3;2*1-2H3/b19-17+;;;;;;;. The first-order valence-corrected chi connectivity index (χ1v) is 30.7. The zero-order valence-corrected chi connectivity index (χ0v) is 53.0. The number of rotatable bonds is 15. The minimum absolute atomic E-state index is 0.0102. The molecule has 0 saturated heterocycles. The van der Waals surface area contributed by atoms with E-state index in [-0.39, 0.29) is 34.7 Å². The number of carbonyl (C=O) groups is 1. The summed E-state index contributed by atoms with van der Waals surface area (Å²) in [7, 11) is 0. The van der Waals surface area contributed by atoms with Gasteiger partial charge in [-0.25, -0.2) is 13.6 Å². The highest BCUT2D eigenvalue weighted by molar-refractivity contribution is 5.94. The maximum atomic E-state index is 14.9. The number of nitrogens with one attached hydrogen (secondary N) is 2. The number of aromatic nitrogens is 4. The SMILES string of the molecule is CC.CC.CC(=O)c1cc(C)c(C2=CCN(C(C)/C(C)=C/c3c(-n4ccc5c(c4=O)CCN5)ccnc3C)CC2)c(F)c1.CCC.CCCC.CCCC.CCCC(CC)CCC.CCc1cc2c(cc1F)[nH]c(=O)n2C1CC1. The van der Waals surface area contributed by atoms with E-state index in [1.807, 2.05) is 66.8 Å². The predicted molar refractivity (Wildman–Crippen MR) is 339 cm³/mol. The molecule has 0 spiro atoms. The van der Waals surface area contributed by atoms with E-state index in [9.17, 15) is 23.2 Å². The Kier molecular flexibility index (Phi) is 35.4. The van der Waals surface area contributed by atoms with E-state index in [1.165, 1.54) is 83.3 Å². The third-order valence-corrected chi connectivity index (χ3v) is 14.3. The van der Waals surface area contributed by atoms with Gasteiger partial charge in [-0.1, -0.05) is 179 Å². The van der Waals surface area contributed by atoms with Crippen LogP contribution in [0, 0.1) is 31.4 Å². The zero-order valence-electron chi connectivity index (χ0n) is 53.0. The summed E-state index contributed by atoms with van der Waals surface area (Å²) in [4.78, 5) is 46.3. The van der Waals surface area contributed by atoms with Crippen molar-refractivity contribution in [1.82, 2.24) is 24.0 Å². The molecule has 3 aliphatic rings. The van der Waals surface area contributed by atoms with Crippen molar-refractivity contribution in [1.29, 1.82) is 0 Å². The number of imidazole rings is 1. The van der Waals surface area contributed by atoms with E-state index in [0.29, 0.717) is 41.2 Å². The van der Waals surface area contributed by atoms with Gasteiger partial charge in [0.25, 0.3) is 5.56 Å². The number of ketones is 1. The fourth-order valence-corrected chi connectivity index (χ4v) is 9.23. The number of aryl methyl sites for hydroxylation is 3. The number of pyridine rings is 2. The van der Waals surface area contributed by atoms with E-state index in [2.05, 4.69) is 108 Å². The molecule has 442 valence electrons. The number of anilines is 1. The second-order valence-electron chi connectivity index (χ2n) is 20.5. The van der Waals surface area contributed by atoms with Gasteiger partial charge in [0.15, 0.2) is 5.78 Å². The third kappa shape index (κ3) is 21.9. The molecule has 11 heteroatoms. The molecule has 79 heavy (non-hydrogen) atoms. The molecule has 0 radical (unpaired) electrons. The van der Waals surface area contributed by atoms with Gasteiger partial charge in [0.2, 0.25) is 0 Å². The maximum Gasteiger partial charge on any atom is 0.326 e. The fourth-order valence-electron chi connectivity index (χ4n) is 9.23. The molecule has 3 aromatic heterocycles. The Hall–Kier alpha value is -5.42. The van der Waals surface area contributed by atoms with E-state index in [1.54, 1.807) is 27.5 Å². The molecule has 2 aromatic carbocycles. The van der Waals surface area contributed by atoms with Crippen LogP contribution in [0.3, 0.4) is 0 Å². The second kappa shape index (κ2) is 39.1. The molecule has 2 aliphatic heterocycles. The van der Waals surface area contributed by atoms with Crippen molar-refractivity contribution in [2.24, 2.45) is 5.92 Å². The van der Waals surface area contributed by atoms with Crippen molar-refractivity contribution in [3.8, 4) is 5.69 Å². The topological polar surface area (TPSA) is 105 Å². The van der Waals surface area contributed by atoms with Crippen LogP contribution in [0.4, 0.5) is 14.5 Å². The van der Waals surface area contributed by atoms with E-state index < -0.39 is 0 Å². The Bertz CT molecular complexity index is 2710. The van der Waals surface area contributed by atoms with Crippen molar-refractivity contribution in [2.45, 2.75) is 240 Å². The van der Waals surface area contributed by atoms with Gasteiger partial charge >= 0.3 is 5.69 Å². The van der Waals surface area contributed by atoms with Crippen LogP contribution in [0.25, 0.3) is 28.4 Å². The van der Waals surface area contributed by atoms with Crippen LogP contribution in [0.1, 0.15) is 251 Å². The van der Waals surface area contributed by atoms with Crippen molar-refractivity contribution in [3.05, 3.63) is 132 Å². The van der Waals surface area contributed by atoms with Gasteiger partial charge in [-0.05, 0) is 126 Å². The highest BCUT2D eigenvalue weighted by Gasteiger charge is 2.28. The summed E-state index contributed by atoms with van der Waals surface area (Å²) in [6, 6.07) is 10.7. The molecule has 8 rings (SSSR count). The maximum absolute atomic E-state index is 14.9. The molecule has 5 aromatic rings. The van der Waals surface area contributed by atoms with Crippen molar-refractivity contribution >= 4 is 34.2 Å². The lowest BCUT2D eigenvalue weighted by atomic mass is 9.92. The molecular formula is C68H108F2N6O3. The van der Waals surface area contributed by atoms with Gasteiger partial charge < -0.3 is 10.3 Å². The first-order valence-electron chi connectivity index (χ1n) is 30.7. The van der Waals surface area contributed by atoms with E-state index in [4.69, 9.17) is 0 Å². The third-order valence-electron chi connectivity index (χ3n) is 14.3. The Morgan fingerprint density at radius 2 is 1.42 bits per heavy atom. The van der Waals surface area contributed by atoms with Gasteiger partial charge in [-0.15, -0.1) is 0 Å². The minimum Gasteiger partial charge on any atom is -0.384 e. The number of Topliss-reactive ketones (excluding diaryl/α,β-unsaturated/α-hetero) is 1. The predicted octanol–water partition coefficient (Wildman–Crippen LogP) is 18.8. The van der Waals surface area contributed by atoms with Crippen molar-refractivity contribution < 1.29 is 13.6 Å².